The highest BCUT2D eigenvalue weighted by Crippen LogP contribution is 2.31. The van der Waals surface area contributed by atoms with Gasteiger partial charge in [0.1, 0.15) is 23.4 Å². The van der Waals surface area contributed by atoms with Crippen molar-refractivity contribution in [3.8, 4) is 17.6 Å². The number of benzene rings is 12. The van der Waals surface area contributed by atoms with Crippen LogP contribution >= 0.6 is 11.6 Å². The maximum atomic E-state index is 14.1. The van der Waals surface area contributed by atoms with E-state index in [0.717, 1.165) is 135 Å². The second-order valence-corrected chi connectivity index (χ2v) is 32.4. The highest BCUT2D eigenvalue weighted by Gasteiger charge is 2.26. The number of carbonyl (C=O) groups is 14. The Balaban J connectivity index is 0.000000231. The summed E-state index contributed by atoms with van der Waals surface area (Å²) in [4.78, 5) is 165. The maximum absolute atomic E-state index is 14.1. The van der Waals surface area contributed by atoms with E-state index in [9.17, 15) is 86.8 Å². The number of nitrogens with two attached hydrogens (primary N) is 1. The molecule has 12 aromatic rings. The van der Waals surface area contributed by atoms with Gasteiger partial charge in [0.2, 0.25) is 5.91 Å². The fraction of sp³-hybridized carbons (Fsp3) is 0.216. The molecule has 0 radical (unpaired) electrons. The standard InChI is InChI=1S/C20H21NO4.C20H22O4.C19H19NO5.C18H18ClNO3.C18H18FNO3.C16H12N2O4/c1-2-3-6-13-9-10-14(17(11-13)19(21)23)12-18(22)15-7-4-5-8-16(15)20(24)25;1-3-4-7-15-11-10-14(13-19(15)24-2)12-18(21)16-8-5-6-9-17(16)20(22)23;1-2-3-6-12-9-10-16(15(11-12)19(24)25)20-17(21)13-7-4-5-8-14(13)18(22)23;2*1-2-3-6-12-9-10-16(15(19)11-12)20-17(21)13-7-4-5-8-14(13)18(22)23;1-22-14-7-6-11(8-10(14)9-17)18-15(19)12-4-2-3-5-13(12)16(20)21/h4-5,7-11H,2-3,6,12H2,1H3,(H2,21,23)(H,24,25);5-6,8-11,13H,3-4,7,12H2,1-2H3,(H,22,23);4-5,7-11H,2-3,6H2,1H3,(H,20,21)(H,22,23)(H,24,25);2*4-5,7-11H,2-3,6H2,1H3,(H,20,21)(H,22,23);2-8H,1H3,(H,18,19)(H,20,21). The number of amides is 5. The number of unbranched alkanes of at least 4 members (excludes halogenated alkanes) is 5. The van der Waals surface area contributed by atoms with Crippen molar-refractivity contribution >= 4 is 117 Å². The Labute approximate surface area is 825 Å². The first-order valence-electron chi connectivity index (χ1n) is 45.4. The van der Waals surface area contributed by atoms with E-state index in [2.05, 4.69) is 49.0 Å². The molecule has 0 heterocycles. The third-order valence-corrected chi connectivity index (χ3v) is 22.1. The lowest BCUT2D eigenvalue weighted by Gasteiger charge is -2.11. The SMILES string of the molecule is CCCCc1ccc(CC(=O)c2ccccc2C(=O)O)c(C(N)=O)c1.CCCCc1ccc(CC(=O)c2ccccc2C(=O)O)cc1OC.CCCCc1ccc(NC(=O)c2ccccc2C(=O)O)c(C(=O)O)c1.CCCCc1ccc(NC(=O)c2ccccc2C(=O)O)c(Cl)c1.CCCCc1ccc(NC(=O)c2ccccc2C(=O)O)c(F)c1.COc1ccc(NC(=O)c2ccccc2C(=O)O)cc1C#N. The number of ketones is 2. The lowest BCUT2D eigenvalue weighted by Crippen LogP contribution is -2.18. The lowest BCUT2D eigenvalue weighted by atomic mass is 9.93. The molecule has 5 amide bonds. The Morgan fingerprint density at radius 1 is 0.317 bits per heavy atom. The van der Waals surface area contributed by atoms with Gasteiger partial charge in [-0.15, -0.1) is 0 Å². The number of hydrogen-bond acceptors (Lipinski definition) is 17. The van der Waals surface area contributed by atoms with Crippen molar-refractivity contribution in [2.75, 3.05) is 35.5 Å². The molecule has 0 aliphatic rings. The van der Waals surface area contributed by atoms with E-state index in [-0.39, 0.29) is 114 Å². The first-order valence-corrected chi connectivity index (χ1v) is 45.8. The van der Waals surface area contributed by atoms with Crippen LogP contribution in [0.1, 0.15) is 288 Å². The van der Waals surface area contributed by atoms with Crippen molar-refractivity contribution in [3.63, 3.8) is 0 Å². The summed E-state index contributed by atoms with van der Waals surface area (Å²) in [6.07, 6.45) is 14.7. The molecule has 0 aliphatic carbocycles. The van der Waals surface area contributed by atoms with Crippen LogP contribution in [0.5, 0.6) is 11.5 Å². The van der Waals surface area contributed by atoms with Gasteiger partial charge in [-0.2, -0.15) is 5.26 Å². The van der Waals surface area contributed by atoms with Gasteiger partial charge in [-0.1, -0.05) is 206 Å². The van der Waals surface area contributed by atoms with Crippen LogP contribution in [0.25, 0.3) is 0 Å². The Morgan fingerprint density at radius 2 is 0.627 bits per heavy atom. The number of nitrogens with zero attached hydrogens (tertiary/aromatic N) is 1. The van der Waals surface area contributed by atoms with Crippen LogP contribution in [0.2, 0.25) is 5.02 Å². The normalized spacial score (nSPS) is 10.3. The molecule has 0 unspecified atom stereocenters. The zero-order valence-electron chi connectivity index (χ0n) is 79.2. The number of carboxylic acid groups (broad SMARTS) is 7. The number of anilines is 4. The molecule has 13 N–H and O–H groups in total. The van der Waals surface area contributed by atoms with E-state index in [0.29, 0.717) is 33.3 Å². The number of halogens is 2. The maximum Gasteiger partial charge on any atom is 0.337 e. The monoisotopic (exact) mass is 1950 g/mol. The summed E-state index contributed by atoms with van der Waals surface area (Å²) in [6.45, 7) is 10.5. The smallest absolute Gasteiger partial charge is 0.337 e. The average molecular weight is 1950 g/mol. The van der Waals surface area contributed by atoms with Crippen molar-refractivity contribution in [1.82, 2.24) is 0 Å². The van der Waals surface area contributed by atoms with Crippen LogP contribution in [0.4, 0.5) is 27.1 Å². The van der Waals surface area contributed by atoms with Gasteiger partial charge in [0.25, 0.3) is 23.6 Å². The number of Topliss-reactive ketones (excluding diaryl/α,β-unsaturated/α-hetero) is 2. The van der Waals surface area contributed by atoms with E-state index >= 15 is 0 Å². The van der Waals surface area contributed by atoms with Crippen molar-refractivity contribution in [1.29, 1.82) is 5.26 Å². The van der Waals surface area contributed by atoms with Crippen LogP contribution in [-0.2, 0) is 44.9 Å². The number of nitrogens with one attached hydrogen (secondary N) is 4. The Kier molecular flexibility index (Phi) is 45.1. The zero-order valence-corrected chi connectivity index (χ0v) is 80.0. The number of aryl methyl sites for hydroxylation is 5. The molecule has 0 fully saturated rings. The highest BCUT2D eigenvalue weighted by molar-refractivity contribution is 6.34. The number of methoxy groups -OCH3 is 2. The molecule has 0 saturated heterocycles. The van der Waals surface area contributed by atoms with Crippen LogP contribution in [0, 0.1) is 17.1 Å². The Bertz CT molecular complexity index is 6360. The third kappa shape index (κ3) is 33.7. The molecule has 0 atom stereocenters. The van der Waals surface area contributed by atoms with Crippen LogP contribution < -0.4 is 36.5 Å². The van der Waals surface area contributed by atoms with Gasteiger partial charge in [-0.3, -0.25) is 33.6 Å². The summed E-state index contributed by atoms with van der Waals surface area (Å²) in [5, 5.41) is 84.0. The number of aromatic carboxylic acids is 7. The number of hydrogen-bond donors (Lipinski definition) is 12. The minimum atomic E-state index is -1.22. The molecular formula is C111H110ClFN6O23. The fourth-order valence-electron chi connectivity index (χ4n) is 14.3. The molecule has 736 valence electrons. The van der Waals surface area contributed by atoms with E-state index in [4.69, 9.17) is 52.5 Å². The van der Waals surface area contributed by atoms with Gasteiger partial charge in [0, 0.05) is 35.2 Å². The topological polar surface area (TPSA) is 497 Å². The number of ether oxygens (including phenoxy) is 2. The van der Waals surface area contributed by atoms with Crippen LogP contribution in [0.15, 0.2) is 255 Å². The fourth-order valence-corrected chi connectivity index (χ4v) is 14.6. The van der Waals surface area contributed by atoms with Crippen molar-refractivity contribution in [2.45, 2.75) is 144 Å². The third-order valence-electron chi connectivity index (χ3n) is 21.8. The van der Waals surface area contributed by atoms with Crippen molar-refractivity contribution < 1.29 is 117 Å². The minimum absolute atomic E-state index is 0.00513. The molecule has 142 heavy (non-hydrogen) atoms. The molecule has 12 rings (SSSR count). The largest absolute Gasteiger partial charge is 0.496 e. The summed E-state index contributed by atoms with van der Waals surface area (Å²) >= 11 is 6.21. The van der Waals surface area contributed by atoms with Gasteiger partial charge in [0.15, 0.2) is 11.6 Å². The summed E-state index contributed by atoms with van der Waals surface area (Å²) < 4.78 is 24.5. The summed E-state index contributed by atoms with van der Waals surface area (Å²) in [6, 6.07) is 68.5. The number of nitriles is 1. The van der Waals surface area contributed by atoms with Crippen molar-refractivity contribution in [3.05, 3.63) is 388 Å². The minimum Gasteiger partial charge on any atom is -0.496 e. The lowest BCUT2D eigenvalue weighted by molar-refractivity contribution is 0.0683. The van der Waals surface area contributed by atoms with Gasteiger partial charge in [-0.25, -0.2) is 38.0 Å². The molecule has 12 aromatic carbocycles. The van der Waals surface area contributed by atoms with Gasteiger partial charge in [0.05, 0.1) is 103 Å². The number of rotatable bonds is 39. The molecule has 0 aliphatic heterocycles. The first kappa shape index (κ1) is 112. The molecule has 0 aromatic heterocycles. The number of primary amides is 1. The predicted molar refractivity (Wildman–Crippen MR) is 538 cm³/mol. The van der Waals surface area contributed by atoms with Gasteiger partial charge >= 0.3 is 41.8 Å². The van der Waals surface area contributed by atoms with E-state index in [1.54, 1.807) is 116 Å². The van der Waals surface area contributed by atoms with E-state index in [1.165, 1.54) is 116 Å². The van der Waals surface area contributed by atoms with Crippen molar-refractivity contribution in [2.24, 2.45) is 5.73 Å². The molecular weight excluding hydrogens is 1840 g/mol. The molecule has 0 spiro atoms. The van der Waals surface area contributed by atoms with E-state index < -0.39 is 77.1 Å². The van der Waals surface area contributed by atoms with Crippen LogP contribution in [-0.4, -0.2) is 133 Å². The average Bonchev–Trinajstić information content (AvgIpc) is 0.843. The summed E-state index contributed by atoms with van der Waals surface area (Å²) in [5.41, 5.74) is 13.4. The second kappa shape index (κ2) is 57.2. The number of carbonyl (C=O) groups excluding carboxylic acids is 7. The molecule has 0 bridgehead atoms. The van der Waals surface area contributed by atoms with E-state index in [1.807, 2.05) is 49.4 Å². The number of carboxylic acids is 7. The Hall–Kier alpha value is -17.1. The summed E-state index contributed by atoms with van der Waals surface area (Å²) in [5.74, 6) is -11.0. The Morgan fingerprint density at radius 3 is 1.00 bits per heavy atom. The predicted octanol–water partition coefficient (Wildman–Crippen LogP) is 22.4. The molecule has 31 heteroatoms. The zero-order chi connectivity index (χ0) is 104. The van der Waals surface area contributed by atoms with Gasteiger partial charge < -0.3 is 72.2 Å². The first-order chi connectivity index (χ1) is 68.0. The van der Waals surface area contributed by atoms with Crippen LogP contribution in [0.3, 0.4) is 0 Å². The second-order valence-electron chi connectivity index (χ2n) is 32.0. The van der Waals surface area contributed by atoms with Gasteiger partial charge in [-0.05, 0) is 231 Å². The highest BCUT2D eigenvalue weighted by atomic mass is 35.5. The molecule has 29 nitrogen and oxygen atoms in total. The summed E-state index contributed by atoms with van der Waals surface area (Å²) in [7, 11) is 3.06. The quantitative estimate of drug-likeness (QED) is 0.0159. The molecule has 0 saturated carbocycles.